The third-order valence-electron chi connectivity index (χ3n) is 5.89. The standard InChI is InChI=1S/C29H32F2IN3O3/c1-19-9-22(28(37)34(2)3)14-23(10-19)29(38)35(8-7-20-11-24(30)15-25(31)12-20)18-27(36)17-33-16-21-5-4-6-26(32)13-21/h4-6,9-15,27,33,36H,7-8,16-18H2,1-3H3/t27-/m1/s1. The van der Waals surface area contributed by atoms with E-state index in [9.17, 15) is 23.5 Å². The molecule has 0 heterocycles. The molecule has 0 saturated heterocycles. The van der Waals surface area contributed by atoms with Gasteiger partial charge in [0.25, 0.3) is 11.8 Å². The van der Waals surface area contributed by atoms with Gasteiger partial charge in [0, 0.05) is 61.0 Å². The third-order valence-corrected chi connectivity index (χ3v) is 6.56. The van der Waals surface area contributed by atoms with Crippen LogP contribution in [0, 0.1) is 22.1 Å². The van der Waals surface area contributed by atoms with E-state index in [0.717, 1.165) is 20.8 Å². The third kappa shape index (κ3) is 8.85. The first-order valence-corrected chi connectivity index (χ1v) is 13.3. The Labute approximate surface area is 235 Å². The fraction of sp³-hybridized carbons (Fsp3) is 0.310. The van der Waals surface area contributed by atoms with Crippen LogP contribution in [0.5, 0.6) is 0 Å². The maximum absolute atomic E-state index is 13.7. The number of carbonyl (C=O) groups is 2. The molecule has 0 spiro atoms. The zero-order valence-corrected chi connectivity index (χ0v) is 23.8. The topological polar surface area (TPSA) is 72.9 Å². The van der Waals surface area contributed by atoms with Crippen LogP contribution in [0.1, 0.15) is 37.4 Å². The van der Waals surface area contributed by atoms with Crippen molar-refractivity contribution in [1.29, 1.82) is 0 Å². The Morgan fingerprint density at radius 1 is 0.947 bits per heavy atom. The Kier molecular flexibility index (Phi) is 10.7. The van der Waals surface area contributed by atoms with Crippen LogP contribution < -0.4 is 5.32 Å². The lowest BCUT2D eigenvalue weighted by molar-refractivity contribution is 0.0624. The summed E-state index contributed by atoms with van der Waals surface area (Å²) in [5.41, 5.74) is 2.90. The van der Waals surface area contributed by atoms with Crippen LogP contribution in [0.2, 0.25) is 0 Å². The maximum atomic E-state index is 13.7. The van der Waals surface area contributed by atoms with Crippen molar-refractivity contribution in [1.82, 2.24) is 15.1 Å². The zero-order chi connectivity index (χ0) is 27.8. The minimum absolute atomic E-state index is 0.000851. The lowest BCUT2D eigenvalue weighted by atomic mass is 10.0. The summed E-state index contributed by atoms with van der Waals surface area (Å²) < 4.78 is 28.5. The van der Waals surface area contributed by atoms with Crippen LogP contribution in [0.3, 0.4) is 0 Å². The first kappa shape index (κ1) is 29.7. The summed E-state index contributed by atoms with van der Waals surface area (Å²) in [4.78, 5) is 29.0. The summed E-state index contributed by atoms with van der Waals surface area (Å²) in [6.45, 7) is 2.72. The van der Waals surface area contributed by atoms with Crippen LogP contribution in [0.25, 0.3) is 0 Å². The molecule has 2 N–H and O–H groups in total. The first-order chi connectivity index (χ1) is 18.0. The van der Waals surface area contributed by atoms with Gasteiger partial charge in [0.2, 0.25) is 0 Å². The number of aryl methyl sites for hydroxylation is 1. The monoisotopic (exact) mass is 635 g/mol. The van der Waals surface area contributed by atoms with Gasteiger partial charge in [-0.05, 0) is 95.1 Å². The molecule has 0 aliphatic carbocycles. The number of aliphatic hydroxyl groups excluding tert-OH is 1. The normalized spacial score (nSPS) is 11.8. The molecule has 3 aromatic rings. The van der Waals surface area contributed by atoms with Crippen molar-refractivity contribution in [3.8, 4) is 0 Å². The molecule has 0 aliphatic heterocycles. The highest BCUT2D eigenvalue weighted by atomic mass is 127. The van der Waals surface area contributed by atoms with Gasteiger partial charge in [0.1, 0.15) is 11.6 Å². The van der Waals surface area contributed by atoms with Gasteiger partial charge >= 0.3 is 0 Å². The first-order valence-electron chi connectivity index (χ1n) is 12.2. The molecular weight excluding hydrogens is 603 g/mol. The van der Waals surface area contributed by atoms with Gasteiger partial charge in [0.05, 0.1) is 6.10 Å². The molecule has 0 aliphatic rings. The van der Waals surface area contributed by atoms with Crippen LogP contribution in [0.15, 0.2) is 60.7 Å². The number of amides is 2. The summed E-state index contributed by atoms with van der Waals surface area (Å²) in [7, 11) is 3.27. The molecule has 1 atom stereocenters. The summed E-state index contributed by atoms with van der Waals surface area (Å²) in [5, 5.41) is 14.0. The molecule has 2 amide bonds. The van der Waals surface area contributed by atoms with Crippen molar-refractivity contribution < 1.29 is 23.5 Å². The van der Waals surface area contributed by atoms with Crippen molar-refractivity contribution in [3.63, 3.8) is 0 Å². The lowest BCUT2D eigenvalue weighted by Crippen LogP contribution is -2.42. The molecule has 0 unspecified atom stereocenters. The molecule has 0 fully saturated rings. The van der Waals surface area contributed by atoms with E-state index in [-0.39, 0.29) is 37.9 Å². The van der Waals surface area contributed by atoms with Crippen LogP contribution in [0.4, 0.5) is 8.78 Å². The fourth-order valence-electron chi connectivity index (χ4n) is 4.11. The van der Waals surface area contributed by atoms with E-state index in [1.807, 2.05) is 24.3 Å². The predicted molar refractivity (Wildman–Crippen MR) is 152 cm³/mol. The number of hydrogen-bond acceptors (Lipinski definition) is 4. The number of rotatable bonds is 11. The Hall–Kier alpha value is -2.89. The van der Waals surface area contributed by atoms with E-state index in [0.29, 0.717) is 23.2 Å². The number of nitrogens with one attached hydrogen (secondary N) is 1. The van der Waals surface area contributed by atoms with Gasteiger partial charge in [0.15, 0.2) is 0 Å². The van der Waals surface area contributed by atoms with E-state index in [4.69, 9.17) is 0 Å². The number of nitrogens with zero attached hydrogens (tertiary/aromatic N) is 2. The molecular formula is C29H32F2IN3O3. The smallest absolute Gasteiger partial charge is 0.253 e. The van der Waals surface area contributed by atoms with Gasteiger partial charge in [-0.1, -0.05) is 12.1 Å². The largest absolute Gasteiger partial charge is 0.390 e. The zero-order valence-electron chi connectivity index (χ0n) is 21.7. The Morgan fingerprint density at radius 2 is 1.61 bits per heavy atom. The van der Waals surface area contributed by atoms with Crippen molar-refractivity contribution in [2.24, 2.45) is 0 Å². The van der Waals surface area contributed by atoms with Crippen LogP contribution in [-0.2, 0) is 13.0 Å². The average Bonchev–Trinajstić information content (AvgIpc) is 2.84. The van der Waals surface area contributed by atoms with Gasteiger partial charge in [-0.15, -0.1) is 0 Å². The molecule has 0 bridgehead atoms. The van der Waals surface area contributed by atoms with Gasteiger partial charge in [-0.2, -0.15) is 0 Å². The number of aliphatic hydroxyl groups is 1. The minimum Gasteiger partial charge on any atom is -0.390 e. The van der Waals surface area contributed by atoms with Crippen LogP contribution in [-0.4, -0.2) is 66.6 Å². The highest BCUT2D eigenvalue weighted by Crippen LogP contribution is 2.16. The van der Waals surface area contributed by atoms with E-state index < -0.39 is 17.7 Å². The molecule has 0 aromatic heterocycles. The van der Waals surface area contributed by atoms with Crippen molar-refractivity contribution in [2.45, 2.75) is 26.0 Å². The predicted octanol–water partition coefficient (Wildman–Crippen LogP) is 4.42. The molecule has 38 heavy (non-hydrogen) atoms. The second-order valence-corrected chi connectivity index (χ2v) is 10.7. The summed E-state index contributed by atoms with van der Waals surface area (Å²) in [6.07, 6.45) is -0.697. The van der Waals surface area contributed by atoms with Gasteiger partial charge in [-0.3, -0.25) is 9.59 Å². The number of hydrogen-bond donors (Lipinski definition) is 2. The van der Waals surface area contributed by atoms with Crippen molar-refractivity contribution in [2.75, 3.05) is 33.7 Å². The molecule has 3 rings (SSSR count). The van der Waals surface area contributed by atoms with E-state index in [1.165, 1.54) is 28.0 Å². The quantitative estimate of drug-likeness (QED) is 0.307. The highest BCUT2D eigenvalue weighted by molar-refractivity contribution is 14.1. The van der Waals surface area contributed by atoms with E-state index >= 15 is 0 Å². The summed E-state index contributed by atoms with van der Waals surface area (Å²) in [5.74, 6) is -1.99. The lowest BCUT2D eigenvalue weighted by Gasteiger charge is -2.26. The molecule has 0 saturated carbocycles. The average molecular weight is 635 g/mol. The SMILES string of the molecule is Cc1cc(C(=O)N(C)C)cc(C(=O)N(CCc2cc(F)cc(F)c2)C[C@H](O)CNCc2cccc(I)c2)c1. The Bertz CT molecular complexity index is 1270. The fourth-order valence-corrected chi connectivity index (χ4v) is 4.72. The second kappa shape index (κ2) is 13.8. The van der Waals surface area contributed by atoms with Crippen molar-refractivity contribution >= 4 is 34.4 Å². The van der Waals surface area contributed by atoms with Gasteiger partial charge < -0.3 is 20.2 Å². The number of carbonyl (C=O) groups excluding carboxylic acids is 2. The molecule has 3 aromatic carbocycles. The molecule has 202 valence electrons. The highest BCUT2D eigenvalue weighted by Gasteiger charge is 2.21. The molecule has 6 nitrogen and oxygen atoms in total. The van der Waals surface area contributed by atoms with E-state index in [1.54, 1.807) is 33.2 Å². The van der Waals surface area contributed by atoms with Crippen LogP contribution >= 0.6 is 22.6 Å². The van der Waals surface area contributed by atoms with Crippen molar-refractivity contribution in [3.05, 3.63) is 104 Å². The second-order valence-electron chi connectivity index (χ2n) is 9.48. The van der Waals surface area contributed by atoms with E-state index in [2.05, 4.69) is 27.9 Å². The Balaban J connectivity index is 1.76. The molecule has 0 radical (unpaired) electrons. The summed E-state index contributed by atoms with van der Waals surface area (Å²) >= 11 is 2.24. The minimum atomic E-state index is -0.890. The van der Waals surface area contributed by atoms with Gasteiger partial charge in [-0.25, -0.2) is 8.78 Å². The number of benzene rings is 3. The maximum Gasteiger partial charge on any atom is 0.253 e. The number of halogens is 3. The molecule has 9 heteroatoms. The summed E-state index contributed by atoms with van der Waals surface area (Å²) in [6, 6.07) is 16.2. The Morgan fingerprint density at radius 3 is 2.24 bits per heavy atom.